The van der Waals surface area contributed by atoms with Gasteiger partial charge in [0.1, 0.15) is 0 Å². The second-order valence-electron chi connectivity index (χ2n) is 6.42. The molecule has 0 saturated heterocycles. The highest BCUT2D eigenvalue weighted by Gasteiger charge is 2.05. The van der Waals surface area contributed by atoms with Gasteiger partial charge in [-0.3, -0.25) is 4.99 Å². The molecular formula is C20H35N3O3. The first-order valence-corrected chi connectivity index (χ1v) is 9.41. The first-order valence-electron chi connectivity index (χ1n) is 9.41. The van der Waals surface area contributed by atoms with Gasteiger partial charge in [-0.25, -0.2) is 0 Å². The SMILES string of the molecule is CCNC(=NCCOCCC(C)C)NCCc1ccc(OC)c(OC)c1. The van der Waals surface area contributed by atoms with Crippen LogP contribution < -0.4 is 20.1 Å². The van der Waals surface area contributed by atoms with E-state index in [2.05, 4.69) is 42.5 Å². The Labute approximate surface area is 158 Å². The highest BCUT2D eigenvalue weighted by Crippen LogP contribution is 2.27. The Hall–Kier alpha value is -1.95. The topological polar surface area (TPSA) is 64.1 Å². The van der Waals surface area contributed by atoms with E-state index >= 15 is 0 Å². The van der Waals surface area contributed by atoms with Crippen molar-refractivity contribution in [3.8, 4) is 11.5 Å². The van der Waals surface area contributed by atoms with E-state index in [9.17, 15) is 0 Å². The minimum Gasteiger partial charge on any atom is -0.493 e. The quantitative estimate of drug-likeness (QED) is 0.339. The van der Waals surface area contributed by atoms with Crippen molar-refractivity contribution in [1.82, 2.24) is 10.6 Å². The van der Waals surface area contributed by atoms with Gasteiger partial charge in [0.2, 0.25) is 0 Å². The fourth-order valence-electron chi connectivity index (χ4n) is 2.35. The van der Waals surface area contributed by atoms with Gasteiger partial charge >= 0.3 is 0 Å². The lowest BCUT2D eigenvalue weighted by Crippen LogP contribution is -2.38. The number of aliphatic imine (C=N–C) groups is 1. The molecule has 0 atom stereocenters. The molecule has 0 radical (unpaired) electrons. The average Bonchev–Trinajstić information content (AvgIpc) is 2.64. The largest absolute Gasteiger partial charge is 0.493 e. The van der Waals surface area contributed by atoms with E-state index in [0.29, 0.717) is 19.1 Å². The molecule has 0 aliphatic carbocycles. The summed E-state index contributed by atoms with van der Waals surface area (Å²) in [5.41, 5.74) is 1.18. The third kappa shape index (κ3) is 8.94. The monoisotopic (exact) mass is 365 g/mol. The van der Waals surface area contributed by atoms with E-state index < -0.39 is 0 Å². The van der Waals surface area contributed by atoms with Crippen LogP contribution in [0.25, 0.3) is 0 Å². The van der Waals surface area contributed by atoms with Gasteiger partial charge in [0.25, 0.3) is 0 Å². The van der Waals surface area contributed by atoms with E-state index in [1.165, 1.54) is 5.56 Å². The number of methoxy groups -OCH3 is 2. The first-order chi connectivity index (χ1) is 12.6. The molecule has 0 unspecified atom stereocenters. The van der Waals surface area contributed by atoms with Crippen LogP contribution in [0.4, 0.5) is 0 Å². The Morgan fingerprint density at radius 3 is 2.50 bits per heavy atom. The Kier molecular flexibility index (Phi) is 11.3. The molecule has 2 N–H and O–H groups in total. The summed E-state index contributed by atoms with van der Waals surface area (Å²) in [5, 5.41) is 6.61. The minimum atomic E-state index is 0.652. The van der Waals surface area contributed by atoms with Crippen molar-refractivity contribution >= 4 is 5.96 Å². The summed E-state index contributed by atoms with van der Waals surface area (Å²) < 4.78 is 16.2. The van der Waals surface area contributed by atoms with E-state index in [1.54, 1.807) is 14.2 Å². The summed E-state index contributed by atoms with van der Waals surface area (Å²) in [6.07, 6.45) is 1.96. The Morgan fingerprint density at radius 1 is 1.08 bits per heavy atom. The van der Waals surface area contributed by atoms with Crippen molar-refractivity contribution in [1.29, 1.82) is 0 Å². The number of nitrogens with one attached hydrogen (secondary N) is 2. The number of rotatable bonds is 12. The third-order valence-corrected chi connectivity index (χ3v) is 3.84. The molecule has 0 aliphatic heterocycles. The molecule has 0 aliphatic rings. The maximum Gasteiger partial charge on any atom is 0.191 e. The molecule has 1 aromatic carbocycles. The van der Waals surface area contributed by atoms with Crippen LogP contribution in [0.15, 0.2) is 23.2 Å². The fraction of sp³-hybridized carbons (Fsp3) is 0.650. The van der Waals surface area contributed by atoms with Gasteiger partial charge in [0.05, 0.1) is 27.4 Å². The highest BCUT2D eigenvalue weighted by molar-refractivity contribution is 5.79. The maximum atomic E-state index is 5.61. The predicted molar refractivity (Wildman–Crippen MR) is 108 cm³/mol. The summed E-state index contributed by atoms with van der Waals surface area (Å²) in [4.78, 5) is 4.55. The van der Waals surface area contributed by atoms with Crippen LogP contribution in [0, 0.1) is 5.92 Å². The number of guanidine groups is 1. The molecular weight excluding hydrogens is 330 g/mol. The standard InChI is InChI=1S/C20H35N3O3/c1-6-21-20(23-12-14-26-13-10-16(2)3)22-11-9-17-7-8-18(24-4)19(15-17)25-5/h7-8,15-16H,6,9-14H2,1-5H3,(H2,21,22,23). The van der Waals surface area contributed by atoms with E-state index in [0.717, 1.165) is 50.0 Å². The molecule has 1 rings (SSSR count). The third-order valence-electron chi connectivity index (χ3n) is 3.84. The van der Waals surface area contributed by atoms with Crippen LogP contribution in [0.1, 0.15) is 32.8 Å². The van der Waals surface area contributed by atoms with Gasteiger partial charge in [0, 0.05) is 19.7 Å². The smallest absolute Gasteiger partial charge is 0.191 e. The van der Waals surface area contributed by atoms with Gasteiger partial charge in [0.15, 0.2) is 17.5 Å². The van der Waals surface area contributed by atoms with E-state index in [-0.39, 0.29) is 0 Å². The lowest BCUT2D eigenvalue weighted by Gasteiger charge is -2.13. The van der Waals surface area contributed by atoms with Crippen LogP contribution in [-0.4, -0.2) is 53.0 Å². The van der Waals surface area contributed by atoms with Crippen LogP contribution in [0.2, 0.25) is 0 Å². The number of hydrogen-bond acceptors (Lipinski definition) is 4. The molecule has 26 heavy (non-hydrogen) atoms. The molecule has 6 heteroatoms. The van der Waals surface area contributed by atoms with Gasteiger partial charge in [-0.15, -0.1) is 0 Å². The van der Waals surface area contributed by atoms with Crippen LogP contribution >= 0.6 is 0 Å². The summed E-state index contributed by atoms with van der Waals surface area (Å²) in [6, 6.07) is 5.99. The second kappa shape index (κ2) is 13.3. The lowest BCUT2D eigenvalue weighted by atomic mass is 10.1. The number of ether oxygens (including phenoxy) is 3. The Morgan fingerprint density at radius 2 is 1.85 bits per heavy atom. The van der Waals surface area contributed by atoms with Gasteiger partial charge < -0.3 is 24.8 Å². The highest BCUT2D eigenvalue weighted by atomic mass is 16.5. The molecule has 0 aromatic heterocycles. The number of benzene rings is 1. The lowest BCUT2D eigenvalue weighted by molar-refractivity contribution is 0.130. The summed E-state index contributed by atoms with van der Waals surface area (Å²) in [5.74, 6) is 3.00. The van der Waals surface area contributed by atoms with Crippen LogP contribution in [-0.2, 0) is 11.2 Å². The van der Waals surface area contributed by atoms with Gasteiger partial charge in [-0.2, -0.15) is 0 Å². The molecule has 148 valence electrons. The molecule has 0 saturated carbocycles. The molecule has 0 amide bonds. The van der Waals surface area contributed by atoms with Crippen molar-refractivity contribution in [2.24, 2.45) is 10.9 Å². The summed E-state index contributed by atoms with van der Waals surface area (Å²) >= 11 is 0. The van der Waals surface area contributed by atoms with Crippen LogP contribution in [0.3, 0.4) is 0 Å². The molecule has 6 nitrogen and oxygen atoms in total. The average molecular weight is 366 g/mol. The first kappa shape index (κ1) is 22.1. The number of nitrogens with zero attached hydrogens (tertiary/aromatic N) is 1. The van der Waals surface area contributed by atoms with Crippen LogP contribution in [0.5, 0.6) is 11.5 Å². The molecule has 0 fully saturated rings. The summed E-state index contributed by atoms with van der Waals surface area (Å²) in [6.45, 7) is 10.2. The maximum absolute atomic E-state index is 5.61. The van der Waals surface area contributed by atoms with Crippen molar-refractivity contribution in [2.75, 3.05) is 47.1 Å². The molecule has 0 spiro atoms. The minimum absolute atomic E-state index is 0.652. The Bertz CT molecular complexity index is 533. The van der Waals surface area contributed by atoms with Crippen molar-refractivity contribution in [3.05, 3.63) is 23.8 Å². The number of hydrogen-bond donors (Lipinski definition) is 2. The van der Waals surface area contributed by atoms with E-state index in [1.807, 2.05) is 12.1 Å². The van der Waals surface area contributed by atoms with Gasteiger partial charge in [-0.05, 0) is 43.4 Å². The normalized spacial score (nSPS) is 11.5. The van der Waals surface area contributed by atoms with Crippen molar-refractivity contribution in [2.45, 2.75) is 33.6 Å². The summed E-state index contributed by atoms with van der Waals surface area (Å²) in [7, 11) is 3.30. The van der Waals surface area contributed by atoms with Crippen molar-refractivity contribution in [3.63, 3.8) is 0 Å². The molecule has 0 bridgehead atoms. The second-order valence-corrected chi connectivity index (χ2v) is 6.42. The van der Waals surface area contributed by atoms with E-state index in [4.69, 9.17) is 14.2 Å². The molecule has 1 aromatic rings. The fourth-order valence-corrected chi connectivity index (χ4v) is 2.35. The van der Waals surface area contributed by atoms with Gasteiger partial charge in [-0.1, -0.05) is 19.9 Å². The zero-order chi connectivity index (χ0) is 19.2. The molecule has 0 heterocycles. The zero-order valence-electron chi connectivity index (χ0n) is 16.9. The Balaban J connectivity index is 2.39. The van der Waals surface area contributed by atoms with Crippen molar-refractivity contribution < 1.29 is 14.2 Å². The zero-order valence-corrected chi connectivity index (χ0v) is 16.9. The predicted octanol–water partition coefficient (Wildman–Crippen LogP) is 2.86.